The molecular weight excluding hydrogens is 344 g/mol. The molecule has 1 fully saturated rings. The maximum Gasteiger partial charge on any atom is 0.343 e. The quantitative estimate of drug-likeness (QED) is 0.492. The van der Waals surface area contributed by atoms with E-state index in [-0.39, 0.29) is 16.5 Å². The molecule has 1 N–H and O–H groups in total. The summed E-state index contributed by atoms with van der Waals surface area (Å²) in [6.07, 6.45) is 2.20. The van der Waals surface area contributed by atoms with Crippen molar-refractivity contribution in [3.05, 3.63) is 46.8 Å². The number of benzene rings is 1. The molecule has 0 amide bonds. The fraction of sp³-hybridized carbons (Fsp3) is 0.312. The Balaban J connectivity index is 1.88. The Labute approximate surface area is 148 Å². The van der Waals surface area contributed by atoms with Gasteiger partial charge in [0.25, 0.3) is 0 Å². The summed E-state index contributed by atoms with van der Waals surface area (Å²) >= 11 is 1.21. The van der Waals surface area contributed by atoms with Gasteiger partial charge in [0.05, 0.1) is 10.8 Å². The van der Waals surface area contributed by atoms with E-state index in [1.807, 2.05) is 30.3 Å². The number of aliphatic carboxylic acids is 1. The summed E-state index contributed by atoms with van der Waals surface area (Å²) in [5.74, 6) is -0.977. The predicted octanol–water partition coefficient (Wildman–Crippen LogP) is 2.84. The minimum Gasteiger partial charge on any atom is -0.481 e. The molecule has 1 aliphatic heterocycles. The molecule has 1 aromatic carbocycles. The van der Waals surface area contributed by atoms with Gasteiger partial charge in [0, 0.05) is 18.0 Å². The van der Waals surface area contributed by atoms with Crippen molar-refractivity contribution in [3.8, 4) is 0 Å². The van der Waals surface area contributed by atoms with Gasteiger partial charge in [0.1, 0.15) is 6.33 Å². The third-order valence-corrected chi connectivity index (χ3v) is 5.05. The van der Waals surface area contributed by atoms with E-state index in [2.05, 4.69) is 9.97 Å². The molecule has 25 heavy (non-hydrogen) atoms. The highest BCUT2D eigenvalue weighted by atomic mass is 32.2. The van der Waals surface area contributed by atoms with E-state index < -0.39 is 16.8 Å². The van der Waals surface area contributed by atoms with Gasteiger partial charge in [-0.25, -0.2) is 9.97 Å². The van der Waals surface area contributed by atoms with Gasteiger partial charge in [-0.1, -0.05) is 30.0 Å². The Morgan fingerprint density at radius 1 is 1.24 bits per heavy atom. The average molecular weight is 360 g/mol. The number of carboxylic acids is 1. The summed E-state index contributed by atoms with van der Waals surface area (Å²) in [5, 5.41) is 21.0. The van der Waals surface area contributed by atoms with Crippen molar-refractivity contribution < 1.29 is 14.8 Å². The maximum atomic E-state index is 11.6. The Kier molecular flexibility index (Phi) is 5.13. The average Bonchev–Trinajstić information content (AvgIpc) is 2.62. The number of aromatic nitrogens is 2. The summed E-state index contributed by atoms with van der Waals surface area (Å²) in [4.78, 5) is 33.1. The van der Waals surface area contributed by atoms with Gasteiger partial charge in [-0.3, -0.25) is 14.9 Å². The minimum atomic E-state index is -0.822. The Morgan fingerprint density at radius 3 is 2.52 bits per heavy atom. The molecule has 0 spiro atoms. The first-order valence-corrected chi connectivity index (χ1v) is 8.58. The number of rotatable bonds is 5. The number of nitrogens with zero attached hydrogens (tertiary/aromatic N) is 4. The van der Waals surface area contributed by atoms with E-state index in [9.17, 15) is 14.9 Å². The Morgan fingerprint density at radius 2 is 1.92 bits per heavy atom. The number of carboxylic acid groups (broad SMARTS) is 1. The molecule has 0 aliphatic carbocycles. The van der Waals surface area contributed by atoms with Gasteiger partial charge in [0.15, 0.2) is 5.03 Å². The molecule has 8 nitrogen and oxygen atoms in total. The van der Waals surface area contributed by atoms with Crippen LogP contribution in [0.4, 0.5) is 11.5 Å². The first kappa shape index (κ1) is 17.2. The molecule has 2 aromatic rings. The second-order valence-electron chi connectivity index (χ2n) is 5.62. The maximum absolute atomic E-state index is 11.6. The lowest BCUT2D eigenvalue weighted by molar-refractivity contribution is -0.387. The molecule has 3 rings (SSSR count). The third kappa shape index (κ3) is 3.87. The molecule has 0 atom stereocenters. The second-order valence-corrected chi connectivity index (χ2v) is 6.69. The van der Waals surface area contributed by atoms with E-state index in [4.69, 9.17) is 5.11 Å². The number of hydrogen-bond acceptors (Lipinski definition) is 7. The molecule has 130 valence electrons. The molecule has 1 aromatic heterocycles. The molecule has 2 heterocycles. The van der Waals surface area contributed by atoms with Crippen LogP contribution in [0.1, 0.15) is 12.8 Å². The van der Waals surface area contributed by atoms with Gasteiger partial charge in [-0.15, -0.1) is 0 Å². The molecular formula is C16H16N4O4S. The number of hydrogen-bond donors (Lipinski definition) is 1. The fourth-order valence-electron chi connectivity index (χ4n) is 2.76. The molecule has 1 aliphatic rings. The summed E-state index contributed by atoms with van der Waals surface area (Å²) in [6.45, 7) is 0.842. The zero-order valence-corrected chi connectivity index (χ0v) is 14.1. The summed E-state index contributed by atoms with van der Waals surface area (Å²) in [6, 6.07) is 9.29. The van der Waals surface area contributed by atoms with Gasteiger partial charge in [-0.05, 0) is 25.0 Å². The number of piperidine rings is 1. The fourth-order valence-corrected chi connectivity index (χ4v) is 3.64. The predicted molar refractivity (Wildman–Crippen MR) is 91.8 cm³/mol. The zero-order valence-electron chi connectivity index (χ0n) is 13.2. The monoisotopic (exact) mass is 360 g/mol. The van der Waals surface area contributed by atoms with Crippen molar-refractivity contribution in [1.29, 1.82) is 0 Å². The lowest BCUT2D eigenvalue weighted by Crippen LogP contribution is -2.37. The van der Waals surface area contributed by atoms with E-state index in [0.717, 1.165) is 4.90 Å². The number of carbonyl (C=O) groups is 1. The van der Waals surface area contributed by atoms with Crippen LogP contribution >= 0.6 is 11.8 Å². The van der Waals surface area contributed by atoms with E-state index >= 15 is 0 Å². The molecule has 0 bridgehead atoms. The highest BCUT2D eigenvalue weighted by molar-refractivity contribution is 7.99. The molecule has 0 saturated carbocycles. The summed E-state index contributed by atoms with van der Waals surface area (Å²) in [5.41, 5.74) is -0.134. The van der Waals surface area contributed by atoms with Crippen LogP contribution in [0.15, 0.2) is 46.6 Å². The van der Waals surface area contributed by atoms with Crippen molar-refractivity contribution in [2.75, 3.05) is 18.0 Å². The minimum absolute atomic E-state index is 0.134. The normalized spacial score (nSPS) is 15.1. The third-order valence-electron chi connectivity index (χ3n) is 4.05. The van der Waals surface area contributed by atoms with Crippen LogP contribution < -0.4 is 4.90 Å². The molecule has 1 saturated heterocycles. The number of anilines is 1. The van der Waals surface area contributed by atoms with Gasteiger partial charge in [0.2, 0.25) is 5.82 Å². The van der Waals surface area contributed by atoms with Crippen LogP contribution in [0, 0.1) is 16.0 Å². The molecule has 0 radical (unpaired) electrons. The first-order chi connectivity index (χ1) is 12.1. The smallest absolute Gasteiger partial charge is 0.343 e. The zero-order chi connectivity index (χ0) is 17.8. The lowest BCUT2D eigenvalue weighted by Gasteiger charge is -2.30. The van der Waals surface area contributed by atoms with Crippen molar-refractivity contribution in [2.45, 2.75) is 22.8 Å². The van der Waals surface area contributed by atoms with Gasteiger partial charge >= 0.3 is 11.7 Å². The summed E-state index contributed by atoms with van der Waals surface area (Å²) < 4.78 is 0. The van der Waals surface area contributed by atoms with Crippen molar-refractivity contribution in [1.82, 2.24) is 9.97 Å². The van der Waals surface area contributed by atoms with E-state index in [1.165, 1.54) is 18.1 Å². The van der Waals surface area contributed by atoms with Crippen LogP contribution in [0.2, 0.25) is 0 Å². The lowest BCUT2D eigenvalue weighted by atomic mass is 9.97. The topological polar surface area (TPSA) is 109 Å². The SMILES string of the molecule is O=C(O)C1CCN(c2ncnc(Sc3ccccc3)c2[N+](=O)[O-])CC1. The number of nitro groups is 1. The van der Waals surface area contributed by atoms with Gasteiger partial charge < -0.3 is 10.0 Å². The Bertz CT molecular complexity index is 779. The van der Waals surface area contributed by atoms with Crippen LogP contribution in [0.3, 0.4) is 0 Å². The van der Waals surface area contributed by atoms with Crippen LogP contribution in [-0.2, 0) is 4.79 Å². The van der Waals surface area contributed by atoms with Crippen LogP contribution in [0.5, 0.6) is 0 Å². The first-order valence-electron chi connectivity index (χ1n) is 7.76. The largest absolute Gasteiger partial charge is 0.481 e. The van der Waals surface area contributed by atoms with E-state index in [1.54, 1.807) is 4.90 Å². The van der Waals surface area contributed by atoms with E-state index in [0.29, 0.717) is 25.9 Å². The van der Waals surface area contributed by atoms with Crippen LogP contribution in [-0.4, -0.2) is 39.1 Å². The highest BCUT2D eigenvalue weighted by Crippen LogP contribution is 2.38. The second kappa shape index (κ2) is 7.47. The summed E-state index contributed by atoms with van der Waals surface area (Å²) in [7, 11) is 0. The highest BCUT2D eigenvalue weighted by Gasteiger charge is 2.31. The molecule has 9 heteroatoms. The van der Waals surface area contributed by atoms with Crippen molar-refractivity contribution in [2.24, 2.45) is 5.92 Å². The standard InChI is InChI=1S/C16H16N4O4S/c21-16(22)11-6-8-19(9-7-11)14-13(20(23)24)15(18-10-17-14)25-12-4-2-1-3-5-12/h1-5,10-11H,6-9H2,(H,21,22). The van der Waals surface area contributed by atoms with Crippen molar-refractivity contribution >= 4 is 29.2 Å². The van der Waals surface area contributed by atoms with Crippen LogP contribution in [0.25, 0.3) is 0 Å². The Hall–Kier alpha value is -2.68. The molecule has 0 unspecified atom stereocenters. The van der Waals surface area contributed by atoms with Crippen molar-refractivity contribution in [3.63, 3.8) is 0 Å². The van der Waals surface area contributed by atoms with Gasteiger partial charge in [-0.2, -0.15) is 0 Å².